The third-order valence-corrected chi connectivity index (χ3v) is 5.42. The Morgan fingerprint density at radius 3 is 3.05 bits per heavy atom. The molecule has 2 aromatic heterocycles. The lowest BCUT2D eigenvalue weighted by Gasteiger charge is -2.38. The van der Waals surface area contributed by atoms with Crippen LogP contribution in [0.3, 0.4) is 0 Å². The van der Waals surface area contributed by atoms with E-state index in [0.29, 0.717) is 6.42 Å². The van der Waals surface area contributed by atoms with Gasteiger partial charge in [0.15, 0.2) is 0 Å². The predicted molar refractivity (Wildman–Crippen MR) is 83.8 cm³/mol. The molecule has 2 N–H and O–H groups in total. The monoisotopic (exact) mass is 305 g/mol. The molecule has 0 aromatic carbocycles. The zero-order valence-corrected chi connectivity index (χ0v) is 13.0. The van der Waals surface area contributed by atoms with Crippen molar-refractivity contribution in [2.45, 2.75) is 45.6 Å². The molecule has 1 aliphatic carbocycles. The van der Waals surface area contributed by atoms with Gasteiger partial charge in [0.05, 0.1) is 10.8 Å². The van der Waals surface area contributed by atoms with Crippen LogP contribution in [0.5, 0.6) is 0 Å². The van der Waals surface area contributed by atoms with Gasteiger partial charge in [-0.25, -0.2) is 9.97 Å². The number of carboxylic acids is 1. The SMILES string of the molecule is Cc1cc2c(NC3CCCCC3(C)C(=O)O)ncnc2s1. The number of nitrogens with one attached hydrogen (secondary N) is 1. The molecule has 0 saturated heterocycles. The van der Waals surface area contributed by atoms with Crippen molar-refractivity contribution in [1.29, 1.82) is 0 Å². The minimum absolute atomic E-state index is 0.0953. The second-order valence-corrected chi connectivity index (χ2v) is 7.20. The molecule has 2 unspecified atom stereocenters. The van der Waals surface area contributed by atoms with E-state index in [-0.39, 0.29) is 6.04 Å². The van der Waals surface area contributed by atoms with Gasteiger partial charge in [-0.1, -0.05) is 12.8 Å². The van der Waals surface area contributed by atoms with E-state index in [2.05, 4.69) is 21.4 Å². The molecule has 3 rings (SSSR count). The first-order valence-corrected chi connectivity index (χ1v) is 8.03. The maximum Gasteiger partial charge on any atom is 0.311 e. The van der Waals surface area contributed by atoms with E-state index in [1.807, 2.05) is 13.8 Å². The van der Waals surface area contributed by atoms with E-state index in [0.717, 1.165) is 35.3 Å². The smallest absolute Gasteiger partial charge is 0.311 e. The Morgan fingerprint density at radius 2 is 2.29 bits per heavy atom. The largest absolute Gasteiger partial charge is 0.481 e. The third-order valence-electron chi connectivity index (χ3n) is 4.46. The summed E-state index contributed by atoms with van der Waals surface area (Å²) in [5, 5.41) is 14.0. The molecule has 1 saturated carbocycles. The molecule has 112 valence electrons. The van der Waals surface area contributed by atoms with E-state index in [9.17, 15) is 9.90 Å². The fourth-order valence-corrected chi connectivity index (χ4v) is 3.92. The van der Waals surface area contributed by atoms with Crippen LogP contribution < -0.4 is 5.32 Å². The van der Waals surface area contributed by atoms with Crippen LogP contribution in [0.15, 0.2) is 12.4 Å². The van der Waals surface area contributed by atoms with Gasteiger partial charge in [-0.15, -0.1) is 11.3 Å². The maximum atomic E-state index is 11.7. The minimum Gasteiger partial charge on any atom is -0.481 e. The highest BCUT2D eigenvalue weighted by atomic mass is 32.1. The van der Waals surface area contributed by atoms with Gasteiger partial charge >= 0.3 is 5.97 Å². The number of aryl methyl sites for hydroxylation is 1. The van der Waals surface area contributed by atoms with Gasteiger partial charge in [0, 0.05) is 10.9 Å². The molecule has 2 aromatic rings. The molecule has 2 heterocycles. The average molecular weight is 305 g/mol. The molecular weight excluding hydrogens is 286 g/mol. The van der Waals surface area contributed by atoms with E-state index in [1.165, 1.54) is 4.88 Å². The Morgan fingerprint density at radius 1 is 1.48 bits per heavy atom. The number of nitrogens with zero attached hydrogens (tertiary/aromatic N) is 2. The summed E-state index contributed by atoms with van der Waals surface area (Å²) in [5.74, 6) is 0.0234. The van der Waals surface area contributed by atoms with Crippen molar-refractivity contribution in [2.75, 3.05) is 5.32 Å². The summed E-state index contributed by atoms with van der Waals surface area (Å²) in [5.41, 5.74) is -0.736. The number of carboxylic acid groups (broad SMARTS) is 1. The summed E-state index contributed by atoms with van der Waals surface area (Å²) in [7, 11) is 0. The van der Waals surface area contributed by atoms with Gasteiger partial charge < -0.3 is 10.4 Å². The molecule has 0 amide bonds. The van der Waals surface area contributed by atoms with E-state index in [4.69, 9.17) is 0 Å². The van der Waals surface area contributed by atoms with Crippen LogP contribution in [-0.4, -0.2) is 27.1 Å². The molecule has 0 bridgehead atoms. The number of rotatable bonds is 3. The lowest BCUT2D eigenvalue weighted by Crippen LogP contribution is -2.46. The van der Waals surface area contributed by atoms with Crippen molar-refractivity contribution in [1.82, 2.24) is 9.97 Å². The highest BCUT2D eigenvalue weighted by molar-refractivity contribution is 7.18. The number of hydrogen-bond donors (Lipinski definition) is 2. The number of thiophene rings is 1. The first kappa shape index (κ1) is 14.3. The van der Waals surface area contributed by atoms with Crippen molar-refractivity contribution < 1.29 is 9.90 Å². The molecule has 1 fully saturated rings. The standard InChI is InChI=1S/C15H19N3O2S/c1-9-7-10-12(16-8-17-13(10)21-9)18-11-5-3-4-6-15(11,2)14(19)20/h7-8,11H,3-6H2,1-2H3,(H,19,20)(H,16,17,18). The number of aromatic nitrogens is 2. The fourth-order valence-electron chi connectivity index (χ4n) is 3.08. The Labute approximate surface area is 127 Å². The number of fused-ring (bicyclic) bond motifs is 1. The molecule has 0 spiro atoms. The summed E-state index contributed by atoms with van der Waals surface area (Å²) in [6.45, 7) is 3.88. The van der Waals surface area contributed by atoms with Crippen molar-refractivity contribution in [3.63, 3.8) is 0 Å². The molecule has 21 heavy (non-hydrogen) atoms. The maximum absolute atomic E-state index is 11.7. The Hall–Kier alpha value is -1.69. The molecule has 2 atom stereocenters. The summed E-state index contributed by atoms with van der Waals surface area (Å²) in [6.07, 6.45) is 5.13. The molecule has 0 aliphatic heterocycles. The van der Waals surface area contributed by atoms with Gasteiger partial charge in [-0.2, -0.15) is 0 Å². The van der Waals surface area contributed by atoms with Crippen LogP contribution in [0.2, 0.25) is 0 Å². The number of anilines is 1. The summed E-state index contributed by atoms with van der Waals surface area (Å²) in [4.78, 5) is 22.4. The van der Waals surface area contributed by atoms with Crippen LogP contribution in [-0.2, 0) is 4.79 Å². The zero-order valence-electron chi connectivity index (χ0n) is 12.2. The van der Waals surface area contributed by atoms with Crippen molar-refractivity contribution >= 4 is 33.3 Å². The van der Waals surface area contributed by atoms with Crippen molar-refractivity contribution in [2.24, 2.45) is 5.41 Å². The second kappa shape index (κ2) is 5.26. The highest BCUT2D eigenvalue weighted by Crippen LogP contribution is 2.39. The third kappa shape index (κ3) is 2.48. The van der Waals surface area contributed by atoms with Crippen LogP contribution >= 0.6 is 11.3 Å². The van der Waals surface area contributed by atoms with Gasteiger partial charge in [0.25, 0.3) is 0 Å². The van der Waals surface area contributed by atoms with Gasteiger partial charge in [-0.3, -0.25) is 4.79 Å². The number of hydrogen-bond acceptors (Lipinski definition) is 5. The molecule has 0 radical (unpaired) electrons. The summed E-state index contributed by atoms with van der Waals surface area (Å²) < 4.78 is 0. The van der Waals surface area contributed by atoms with Crippen LogP contribution in [0.1, 0.15) is 37.5 Å². The second-order valence-electron chi connectivity index (χ2n) is 5.96. The lowest BCUT2D eigenvalue weighted by molar-refractivity contribution is -0.150. The Kier molecular flexibility index (Phi) is 3.57. The number of carbonyl (C=O) groups is 1. The normalized spacial score (nSPS) is 25.9. The number of aliphatic carboxylic acids is 1. The molecule has 5 nitrogen and oxygen atoms in total. The topological polar surface area (TPSA) is 75.1 Å². The first-order valence-electron chi connectivity index (χ1n) is 7.22. The predicted octanol–water partition coefficient (Wildman–Crippen LogP) is 3.45. The van der Waals surface area contributed by atoms with E-state index in [1.54, 1.807) is 17.7 Å². The highest BCUT2D eigenvalue weighted by Gasteiger charge is 2.43. The summed E-state index contributed by atoms with van der Waals surface area (Å²) >= 11 is 1.63. The quantitative estimate of drug-likeness (QED) is 0.908. The van der Waals surface area contributed by atoms with E-state index < -0.39 is 11.4 Å². The summed E-state index contributed by atoms with van der Waals surface area (Å²) in [6, 6.07) is 1.96. The van der Waals surface area contributed by atoms with E-state index >= 15 is 0 Å². The fraction of sp³-hybridized carbons (Fsp3) is 0.533. The van der Waals surface area contributed by atoms with Crippen LogP contribution in [0.4, 0.5) is 5.82 Å². The zero-order chi connectivity index (χ0) is 15.0. The van der Waals surface area contributed by atoms with Crippen molar-refractivity contribution in [3.8, 4) is 0 Å². The Bertz CT molecular complexity index is 685. The lowest BCUT2D eigenvalue weighted by atomic mass is 9.71. The van der Waals surface area contributed by atoms with Gasteiger partial charge in [0.2, 0.25) is 0 Å². The van der Waals surface area contributed by atoms with Crippen LogP contribution in [0.25, 0.3) is 10.2 Å². The van der Waals surface area contributed by atoms with Crippen molar-refractivity contribution in [3.05, 3.63) is 17.3 Å². The molecule has 1 aliphatic rings. The molecular formula is C15H19N3O2S. The van der Waals surface area contributed by atoms with Gasteiger partial charge in [-0.05, 0) is 32.8 Å². The average Bonchev–Trinajstić information content (AvgIpc) is 2.82. The first-order chi connectivity index (χ1) is 10.0. The minimum atomic E-state index is -0.736. The Balaban J connectivity index is 1.95. The molecule has 6 heteroatoms. The van der Waals surface area contributed by atoms with Gasteiger partial charge in [0.1, 0.15) is 17.0 Å². The van der Waals surface area contributed by atoms with Crippen LogP contribution in [0, 0.1) is 12.3 Å².